The van der Waals surface area contributed by atoms with Gasteiger partial charge in [-0.2, -0.15) is 0 Å². The Morgan fingerprint density at radius 1 is 1.25 bits per heavy atom. The molecule has 0 amide bonds. The van der Waals surface area contributed by atoms with Crippen molar-refractivity contribution in [2.75, 3.05) is 25.7 Å². The van der Waals surface area contributed by atoms with Gasteiger partial charge in [-0.25, -0.2) is 4.98 Å². The lowest BCUT2D eigenvalue weighted by Crippen LogP contribution is -2.45. The Kier molecular flexibility index (Phi) is 7.14. The first-order valence-electron chi connectivity index (χ1n) is 9.90. The molecule has 1 N–H and O–H groups in total. The van der Waals surface area contributed by atoms with Crippen molar-refractivity contribution in [3.05, 3.63) is 36.4 Å². The van der Waals surface area contributed by atoms with Crippen LogP contribution in [-0.4, -0.2) is 41.5 Å². The van der Waals surface area contributed by atoms with Gasteiger partial charge >= 0.3 is 0 Å². The first kappa shape index (κ1) is 20.5. The summed E-state index contributed by atoms with van der Waals surface area (Å²) in [6, 6.07) is 6.44. The molecule has 1 aromatic carbocycles. The molecule has 7 heteroatoms. The summed E-state index contributed by atoms with van der Waals surface area (Å²) in [7, 11) is 3.32. The second kappa shape index (κ2) is 9.78. The number of methoxy groups -OCH3 is 2. The fourth-order valence-electron chi connectivity index (χ4n) is 3.78. The van der Waals surface area contributed by atoms with Crippen LogP contribution in [0.3, 0.4) is 0 Å². The molecule has 0 radical (unpaired) electrons. The highest BCUT2D eigenvalue weighted by Gasteiger charge is 2.26. The lowest BCUT2D eigenvalue weighted by atomic mass is 10.1. The SMILES string of the molecule is COc1ccc(N(C(=S)NCCCn2cncc2C)C2CCCC2)cc1OC. The van der Waals surface area contributed by atoms with Gasteiger partial charge in [-0.1, -0.05) is 12.8 Å². The lowest BCUT2D eigenvalue weighted by molar-refractivity contribution is 0.355. The first-order valence-corrected chi connectivity index (χ1v) is 10.3. The van der Waals surface area contributed by atoms with Crippen LogP contribution in [0.2, 0.25) is 0 Å². The maximum Gasteiger partial charge on any atom is 0.173 e. The van der Waals surface area contributed by atoms with E-state index in [0.29, 0.717) is 6.04 Å². The Bertz CT molecular complexity index is 786. The number of thiocarbonyl (C=S) groups is 1. The molecule has 152 valence electrons. The molecule has 0 bridgehead atoms. The van der Waals surface area contributed by atoms with Gasteiger partial charge in [0.15, 0.2) is 16.6 Å². The molecule has 0 spiro atoms. The summed E-state index contributed by atoms with van der Waals surface area (Å²) >= 11 is 5.80. The number of aryl methyl sites for hydroxylation is 2. The van der Waals surface area contributed by atoms with Crippen LogP contribution in [-0.2, 0) is 6.54 Å². The fourth-order valence-corrected chi connectivity index (χ4v) is 4.14. The van der Waals surface area contributed by atoms with Crippen LogP contribution in [0, 0.1) is 6.92 Å². The van der Waals surface area contributed by atoms with Crippen LogP contribution in [0.5, 0.6) is 11.5 Å². The van der Waals surface area contributed by atoms with Crippen molar-refractivity contribution >= 4 is 23.0 Å². The lowest BCUT2D eigenvalue weighted by Gasteiger charge is -2.32. The number of nitrogens with one attached hydrogen (secondary N) is 1. The molecule has 0 atom stereocenters. The summed E-state index contributed by atoms with van der Waals surface area (Å²) in [6.07, 6.45) is 9.56. The topological polar surface area (TPSA) is 51.5 Å². The molecule has 0 saturated heterocycles. The average molecular weight is 403 g/mol. The van der Waals surface area contributed by atoms with Crippen molar-refractivity contribution < 1.29 is 9.47 Å². The highest BCUT2D eigenvalue weighted by atomic mass is 32.1. The Labute approximate surface area is 172 Å². The third kappa shape index (κ3) is 4.76. The van der Waals surface area contributed by atoms with Crippen LogP contribution in [0.15, 0.2) is 30.7 Å². The van der Waals surface area contributed by atoms with E-state index in [1.807, 2.05) is 24.7 Å². The van der Waals surface area contributed by atoms with Gasteiger partial charge in [0.1, 0.15) is 0 Å². The Balaban J connectivity index is 1.67. The van der Waals surface area contributed by atoms with Crippen molar-refractivity contribution in [3.8, 4) is 11.5 Å². The number of imidazole rings is 1. The fraction of sp³-hybridized carbons (Fsp3) is 0.524. The summed E-state index contributed by atoms with van der Waals surface area (Å²) in [6.45, 7) is 3.83. The predicted molar refractivity (Wildman–Crippen MR) is 116 cm³/mol. The van der Waals surface area contributed by atoms with Gasteiger partial charge in [0.05, 0.1) is 20.5 Å². The Morgan fingerprint density at radius 2 is 2.00 bits per heavy atom. The first-order chi connectivity index (χ1) is 13.6. The number of hydrogen-bond acceptors (Lipinski definition) is 4. The molecule has 0 aliphatic heterocycles. The van der Waals surface area contributed by atoms with E-state index in [0.717, 1.165) is 54.7 Å². The van der Waals surface area contributed by atoms with E-state index in [1.54, 1.807) is 14.2 Å². The zero-order valence-electron chi connectivity index (χ0n) is 17.0. The summed E-state index contributed by atoms with van der Waals surface area (Å²) in [4.78, 5) is 6.43. The van der Waals surface area contributed by atoms with Gasteiger partial charge in [-0.05, 0) is 50.5 Å². The van der Waals surface area contributed by atoms with Crippen LogP contribution >= 0.6 is 12.2 Å². The smallest absolute Gasteiger partial charge is 0.173 e. The summed E-state index contributed by atoms with van der Waals surface area (Å²) in [5.74, 6) is 1.45. The van der Waals surface area contributed by atoms with Crippen LogP contribution in [0.4, 0.5) is 5.69 Å². The van der Waals surface area contributed by atoms with Gasteiger partial charge in [0.2, 0.25) is 0 Å². The molecule has 1 aliphatic rings. The number of rotatable bonds is 8. The third-order valence-electron chi connectivity index (χ3n) is 5.33. The van der Waals surface area contributed by atoms with E-state index in [2.05, 4.69) is 32.8 Å². The quantitative estimate of drug-likeness (QED) is 0.533. The minimum Gasteiger partial charge on any atom is -0.493 e. The van der Waals surface area contributed by atoms with Gasteiger partial charge in [0, 0.05) is 42.8 Å². The number of anilines is 1. The molecule has 3 rings (SSSR count). The largest absolute Gasteiger partial charge is 0.493 e. The third-order valence-corrected chi connectivity index (χ3v) is 5.67. The average Bonchev–Trinajstić information content (AvgIpc) is 3.37. The molecule has 1 saturated carbocycles. The van der Waals surface area contributed by atoms with Crippen molar-refractivity contribution in [1.82, 2.24) is 14.9 Å². The number of nitrogens with zero attached hydrogens (tertiary/aromatic N) is 3. The maximum absolute atomic E-state index is 5.80. The molecule has 1 aromatic heterocycles. The van der Waals surface area contributed by atoms with E-state index < -0.39 is 0 Å². The number of ether oxygens (including phenoxy) is 2. The van der Waals surface area contributed by atoms with Crippen LogP contribution < -0.4 is 19.7 Å². The number of aromatic nitrogens is 2. The van der Waals surface area contributed by atoms with E-state index in [4.69, 9.17) is 21.7 Å². The standard InChI is InChI=1S/C21H30N4O2S/c1-16-14-22-15-24(16)12-6-11-23-21(28)25(17-7-4-5-8-17)18-9-10-19(26-2)20(13-18)27-3/h9-10,13-15,17H,4-8,11-12H2,1-3H3,(H,23,28). The minimum absolute atomic E-state index is 0.425. The summed E-state index contributed by atoms with van der Waals surface area (Å²) in [5.41, 5.74) is 2.23. The zero-order chi connectivity index (χ0) is 19.9. The van der Waals surface area contributed by atoms with Crippen LogP contribution in [0.1, 0.15) is 37.8 Å². The van der Waals surface area contributed by atoms with Gasteiger partial charge in [-0.3, -0.25) is 0 Å². The van der Waals surface area contributed by atoms with E-state index >= 15 is 0 Å². The molecular formula is C21H30N4O2S. The molecule has 0 unspecified atom stereocenters. The maximum atomic E-state index is 5.80. The van der Waals surface area contributed by atoms with Crippen LogP contribution in [0.25, 0.3) is 0 Å². The molecule has 1 fully saturated rings. The minimum atomic E-state index is 0.425. The van der Waals surface area contributed by atoms with Crippen molar-refractivity contribution in [1.29, 1.82) is 0 Å². The molecule has 6 nitrogen and oxygen atoms in total. The van der Waals surface area contributed by atoms with E-state index in [9.17, 15) is 0 Å². The molecule has 1 heterocycles. The zero-order valence-corrected chi connectivity index (χ0v) is 17.8. The Hall–Kier alpha value is -2.28. The Morgan fingerprint density at radius 3 is 2.64 bits per heavy atom. The van der Waals surface area contributed by atoms with Crippen molar-refractivity contribution in [2.45, 2.75) is 51.6 Å². The van der Waals surface area contributed by atoms with E-state index in [-0.39, 0.29) is 0 Å². The molecular weight excluding hydrogens is 372 g/mol. The molecule has 1 aliphatic carbocycles. The number of benzene rings is 1. The highest BCUT2D eigenvalue weighted by Crippen LogP contribution is 2.35. The van der Waals surface area contributed by atoms with Crippen molar-refractivity contribution in [3.63, 3.8) is 0 Å². The molecule has 2 aromatic rings. The molecule has 28 heavy (non-hydrogen) atoms. The van der Waals surface area contributed by atoms with Gasteiger partial charge < -0.3 is 24.3 Å². The summed E-state index contributed by atoms with van der Waals surface area (Å²) < 4.78 is 13.0. The second-order valence-corrected chi connectivity index (χ2v) is 7.55. The highest BCUT2D eigenvalue weighted by molar-refractivity contribution is 7.80. The summed E-state index contributed by atoms with van der Waals surface area (Å²) in [5, 5.41) is 4.24. The van der Waals surface area contributed by atoms with E-state index in [1.165, 1.54) is 18.5 Å². The van der Waals surface area contributed by atoms with Gasteiger partial charge in [0.25, 0.3) is 0 Å². The monoisotopic (exact) mass is 402 g/mol. The van der Waals surface area contributed by atoms with Gasteiger partial charge in [-0.15, -0.1) is 0 Å². The predicted octanol–water partition coefficient (Wildman–Crippen LogP) is 3.92. The van der Waals surface area contributed by atoms with Crippen molar-refractivity contribution in [2.24, 2.45) is 0 Å². The second-order valence-electron chi connectivity index (χ2n) is 7.16. The normalized spacial score (nSPS) is 14.1. The number of hydrogen-bond donors (Lipinski definition) is 1.